The van der Waals surface area contributed by atoms with Crippen LogP contribution < -0.4 is 0 Å². The summed E-state index contributed by atoms with van der Waals surface area (Å²) in [7, 11) is -4.02. The lowest BCUT2D eigenvalue weighted by molar-refractivity contribution is -0.0530. The minimum Gasteiger partial charge on any atom is -0.393 e. The van der Waals surface area contributed by atoms with Crippen LogP contribution in [0.15, 0.2) is 64.6 Å². The molecule has 9 heteroatoms. The van der Waals surface area contributed by atoms with E-state index >= 15 is 0 Å². The topological polar surface area (TPSA) is 156 Å². The summed E-state index contributed by atoms with van der Waals surface area (Å²) in [6.45, 7) is 7.51. The van der Waals surface area contributed by atoms with Crippen LogP contribution in [0.1, 0.15) is 44.6 Å². The molecule has 3 aliphatic rings. The zero-order valence-corrected chi connectivity index (χ0v) is 21.6. The Kier molecular flexibility index (Phi) is 9.32. The number of rotatable bonds is 3. The molecule has 0 heterocycles. The molecular weight excluding hydrogens is 484 g/mol. The second-order valence-corrected chi connectivity index (χ2v) is 11.7. The number of fused-ring (bicyclic) bond motifs is 1. The van der Waals surface area contributed by atoms with Gasteiger partial charge in [0.1, 0.15) is 12.2 Å². The van der Waals surface area contributed by atoms with Crippen LogP contribution in [-0.2, 0) is 10.1 Å². The van der Waals surface area contributed by atoms with Crippen LogP contribution in [0.5, 0.6) is 0 Å². The minimum atomic E-state index is -4.02. The molecule has 1 aromatic rings. The molecule has 0 aliphatic heterocycles. The highest BCUT2D eigenvalue weighted by atomic mass is 32.2. The predicted molar refractivity (Wildman–Crippen MR) is 136 cm³/mol. The molecule has 6 N–H and O–H groups in total. The Morgan fingerprint density at radius 3 is 2.25 bits per heavy atom. The summed E-state index contributed by atoms with van der Waals surface area (Å²) in [5.74, 6) is 0.914. The van der Waals surface area contributed by atoms with Crippen molar-refractivity contribution in [3.63, 3.8) is 0 Å². The summed E-state index contributed by atoms with van der Waals surface area (Å²) in [6, 6.07) is 5.99. The minimum absolute atomic E-state index is 0.0666. The third kappa shape index (κ3) is 6.72. The van der Waals surface area contributed by atoms with Gasteiger partial charge in [-0.3, -0.25) is 4.55 Å². The molecule has 3 aliphatic carbocycles. The smallest absolute Gasteiger partial charge is 0.294 e. The first-order chi connectivity index (χ1) is 16.8. The maximum Gasteiger partial charge on any atom is 0.294 e. The van der Waals surface area contributed by atoms with Crippen LogP contribution in [0.4, 0.5) is 0 Å². The van der Waals surface area contributed by atoms with E-state index in [0.29, 0.717) is 23.8 Å². The highest BCUT2D eigenvalue weighted by Crippen LogP contribution is 2.49. The lowest BCUT2D eigenvalue weighted by Gasteiger charge is -2.35. The zero-order valence-electron chi connectivity index (χ0n) is 20.7. The molecule has 8 nitrogen and oxygen atoms in total. The molecule has 4 rings (SSSR count). The first-order valence-electron chi connectivity index (χ1n) is 12.3. The van der Waals surface area contributed by atoms with Crippen LogP contribution in [0.3, 0.4) is 0 Å². The maximum absolute atomic E-state index is 10.5. The van der Waals surface area contributed by atoms with E-state index in [4.69, 9.17) is 4.55 Å². The van der Waals surface area contributed by atoms with Crippen molar-refractivity contribution >= 4 is 10.1 Å². The van der Waals surface area contributed by atoms with Crippen molar-refractivity contribution in [1.29, 1.82) is 0 Å². The van der Waals surface area contributed by atoms with Crippen molar-refractivity contribution < 1.29 is 38.5 Å². The maximum atomic E-state index is 10.5. The summed E-state index contributed by atoms with van der Waals surface area (Å²) in [5.41, 5.74) is 3.30. The SMILES string of the molecule is C=C1/C(=C\C=C2/CC(O)CC3C2CCC3C(C)O)CC(O)C(O)C1O.Cc1ccc(S(=O)(=O)O)cc1. The fraction of sp³-hybridized carbons (Fsp3) is 0.556. The van der Waals surface area contributed by atoms with Crippen LogP contribution in [0.2, 0.25) is 0 Å². The van der Waals surface area contributed by atoms with E-state index in [1.165, 1.54) is 17.7 Å². The summed E-state index contributed by atoms with van der Waals surface area (Å²) in [4.78, 5) is -0.0666. The lowest BCUT2D eigenvalue weighted by atomic mass is 9.72. The van der Waals surface area contributed by atoms with Gasteiger partial charge in [-0.2, -0.15) is 8.42 Å². The molecule has 8 unspecified atom stereocenters. The van der Waals surface area contributed by atoms with Gasteiger partial charge in [0.15, 0.2) is 0 Å². The second-order valence-electron chi connectivity index (χ2n) is 10.3. The molecule has 3 fully saturated rings. The molecule has 200 valence electrons. The Morgan fingerprint density at radius 1 is 1.03 bits per heavy atom. The second kappa shape index (κ2) is 11.7. The molecule has 36 heavy (non-hydrogen) atoms. The number of hydrogen-bond acceptors (Lipinski definition) is 7. The average molecular weight is 523 g/mol. The largest absolute Gasteiger partial charge is 0.393 e. The normalized spacial score (nSPS) is 35.8. The Morgan fingerprint density at radius 2 is 1.67 bits per heavy atom. The quantitative estimate of drug-likeness (QED) is 0.330. The number of aliphatic hydroxyl groups is 5. The predicted octanol–water partition coefficient (Wildman–Crippen LogP) is 2.30. The molecule has 0 amide bonds. The first-order valence-corrected chi connectivity index (χ1v) is 13.8. The van der Waals surface area contributed by atoms with Gasteiger partial charge < -0.3 is 25.5 Å². The average Bonchev–Trinajstić information content (AvgIpc) is 3.23. The van der Waals surface area contributed by atoms with Gasteiger partial charge in [-0.15, -0.1) is 0 Å². The molecule has 0 aromatic heterocycles. The molecule has 0 saturated heterocycles. The van der Waals surface area contributed by atoms with Gasteiger partial charge in [-0.05, 0) is 80.6 Å². The van der Waals surface area contributed by atoms with E-state index < -0.39 is 34.5 Å². The fourth-order valence-electron chi connectivity index (χ4n) is 5.69. The van der Waals surface area contributed by atoms with E-state index in [9.17, 15) is 34.0 Å². The van der Waals surface area contributed by atoms with Crippen LogP contribution in [-0.4, -0.2) is 69.0 Å². The van der Waals surface area contributed by atoms with Crippen LogP contribution >= 0.6 is 0 Å². The first kappa shape index (κ1) is 28.7. The molecule has 8 atom stereocenters. The monoisotopic (exact) mass is 522 g/mol. The number of hydrogen-bond donors (Lipinski definition) is 6. The Hall–Kier alpha value is -1.85. The third-order valence-electron chi connectivity index (χ3n) is 7.72. The van der Waals surface area contributed by atoms with E-state index in [0.717, 1.165) is 30.4 Å². The number of aryl methyl sites for hydroxylation is 1. The molecule has 3 saturated carbocycles. The molecule has 1 aromatic carbocycles. The standard InChI is InChI=1S/C20H30O5.C7H8O3S/c1-10-12(8-18(23)20(25)19(10)24)3-4-13-7-14(22)9-17-15(11(2)21)5-6-16(13)17;1-6-2-4-7(5-3-6)11(8,9)10/h3-4,11,14-25H,1,5-9H2,2H3;2-5H,1H3,(H,8,9,10)/b12-3-,13-4+;. The lowest BCUT2D eigenvalue weighted by Crippen LogP contribution is -2.43. The van der Waals surface area contributed by atoms with Gasteiger partial charge in [0.25, 0.3) is 10.1 Å². The van der Waals surface area contributed by atoms with Gasteiger partial charge in [0, 0.05) is 6.42 Å². The molecule has 0 spiro atoms. The van der Waals surface area contributed by atoms with Gasteiger partial charge in [0.2, 0.25) is 0 Å². The Balaban J connectivity index is 0.000000275. The van der Waals surface area contributed by atoms with Crippen molar-refractivity contribution in [1.82, 2.24) is 0 Å². The van der Waals surface area contributed by atoms with Crippen molar-refractivity contribution in [3.8, 4) is 0 Å². The van der Waals surface area contributed by atoms with E-state index in [2.05, 4.69) is 6.58 Å². The van der Waals surface area contributed by atoms with Gasteiger partial charge in [0.05, 0.1) is 23.2 Å². The number of benzene rings is 1. The van der Waals surface area contributed by atoms with Crippen molar-refractivity contribution in [3.05, 3.63) is 65.3 Å². The van der Waals surface area contributed by atoms with Gasteiger partial charge >= 0.3 is 0 Å². The molecular formula is C27H38O8S. The van der Waals surface area contributed by atoms with E-state index in [1.54, 1.807) is 12.1 Å². The summed E-state index contributed by atoms with van der Waals surface area (Å²) in [6.07, 6.45) is 3.38. The summed E-state index contributed by atoms with van der Waals surface area (Å²) < 4.78 is 29.6. The highest BCUT2D eigenvalue weighted by molar-refractivity contribution is 7.85. The van der Waals surface area contributed by atoms with Gasteiger partial charge in [-0.25, -0.2) is 0 Å². The van der Waals surface area contributed by atoms with Crippen LogP contribution in [0.25, 0.3) is 0 Å². The highest BCUT2D eigenvalue weighted by Gasteiger charge is 2.44. The Bertz CT molecular complexity index is 1090. The molecule has 0 bridgehead atoms. The number of aliphatic hydroxyl groups excluding tert-OH is 5. The van der Waals surface area contributed by atoms with Crippen LogP contribution in [0, 0.1) is 24.7 Å². The van der Waals surface area contributed by atoms with E-state index in [1.807, 2.05) is 26.0 Å². The zero-order chi connectivity index (χ0) is 26.8. The van der Waals surface area contributed by atoms with Gasteiger partial charge in [-0.1, -0.05) is 42.0 Å². The molecule has 0 radical (unpaired) electrons. The summed E-state index contributed by atoms with van der Waals surface area (Å²) in [5, 5.41) is 49.9. The third-order valence-corrected chi connectivity index (χ3v) is 8.59. The van der Waals surface area contributed by atoms with Crippen molar-refractivity contribution in [2.24, 2.45) is 17.8 Å². The fourth-order valence-corrected chi connectivity index (χ4v) is 6.17. The summed E-state index contributed by atoms with van der Waals surface area (Å²) >= 11 is 0. The Labute approximate surface area is 213 Å². The van der Waals surface area contributed by atoms with E-state index in [-0.39, 0.29) is 23.3 Å². The number of allylic oxidation sites excluding steroid dienone is 2. The van der Waals surface area contributed by atoms with Crippen molar-refractivity contribution in [2.75, 3.05) is 0 Å². The van der Waals surface area contributed by atoms with Crippen molar-refractivity contribution in [2.45, 2.75) is 81.4 Å².